The Balaban J connectivity index is 1.70. The molecule has 1 aromatic rings. The van der Waals surface area contributed by atoms with E-state index in [2.05, 4.69) is 15.0 Å². The van der Waals surface area contributed by atoms with Crippen LogP contribution in [0.15, 0.2) is 16.7 Å². The molecule has 0 bridgehead atoms. The number of rotatable bonds is 6. The van der Waals surface area contributed by atoms with Crippen molar-refractivity contribution in [3.8, 4) is 0 Å². The summed E-state index contributed by atoms with van der Waals surface area (Å²) in [5.74, 6) is -0.156. The summed E-state index contributed by atoms with van der Waals surface area (Å²) >= 11 is 0. The van der Waals surface area contributed by atoms with Gasteiger partial charge in [-0.05, 0) is 6.07 Å². The number of hydrogen-bond acceptors (Lipinski definition) is 6. The van der Waals surface area contributed by atoms with Crippen molar-refractivity contribution in [3.63, 3.8) is 0 Å². The molecule has 1 aliphatic rings. The molecule has 0 aromatic carbocycles. The molecular weight excluding hydrogens is 248 g/mol. The van der Waals surface area contributed by atoms with Crippen LogP contribution in [0.2, 0.25) is 0 Å². The Morgan fingerprint density at radius 2 is 2.26 bits per heavy atom. The van der Waals surface area contributed by atoms with Crippen molar-refractivity contribution >= 4 is 5.97 Å². The average molecular weight is 268 g/mol. The summed E-state index contributed by atoms with van der Waals surface area (Å²) in [5.41, 5.74) is 0.828. The standard InChI is InChI=1S/C13H20N2O4/c1-17-13(16)12-11(2-7-19-12)10-14-3-4-15-5-8-18-9-6-15/h2,7,14H,3-6,8-10H2,1H3. The monoisotopic (exact) mass is 268 g/mol. The molecule has 0 aliphatic carbocycles. The maximum absolute atomic E-state index is 11.4. The largest absolute Gasteiger partial charge is 0.463 e. The fraction of sp³-hybridized carbons (Fsp3) is 0.615. The topological polar surface area (TPSA) is 63.9 Å². The van der Waals surface area contributed by atoms with E-state index in [1.807, 2.05) is 0 Å². The number of nitrogens with zero attached hydrogens (tertiary/aromatic N) is 1. The number of esters is 1. The summed E-state index contributed by atoms with van der Waals surface area (Å²) in [7, 11) is 1.35. The summed E-state index contributed by atoms with van der Waals surface area (Å²) in [4.78, 5) is 13.8. The second kappa shape index (κ2) is 7.28. The Bertz CT molecular complexity index is 399. The first-order valence-corrected chi connectivity index (χ1v) is 6.47. The van der Waals surface area contributed by atoms with E-state index in [0.29, 0.717) is 6.54 Å². The Morgan fingerprint density at radius 3 is 3.00 bits per heavy atom. The molecule has 19 heavy (non-hydrogen) atoms. The normalized spacial score (nSPS) is 16.5. The number of ether oxygens (including phenoxy) is 2. The number of hydrogen-bond donors (Lipinski definition) is 1. The van der Waals surface area contributed by atoms with E-state index in [0.717, 1.165) is 45.0 Å². The maximum atomic E-state index is 11.4. The lowest BCUT2D eigenvalue weighted by molar-refractivity contribution is 0.0384. The first-order valence-electron chi connectivity index (χ1n) is 6.47. The van der Waals surface area contributed by atoms with Gasteiger partial charge in [-0.1, -0.05) is 0 Å². The molecule has 1 N–H and O–H groups in total. The maximum Gasteiger partial charge on any atom is 0.374 e. The van der Waals surface area contributed by atoms with Crippen molar-refractivity contribution in [1.29, 1.82) is 0 Å². The SMILES string of the molecule is COC(=O)c1occc1CNCCN1CCOCC1. The van der Waals surface area contributed by atoms with E-state index < -0.39 is 5.97 Å². The van der Waals surface area contributed by atoms with E-state index in [1.54, 1.807) is 6.07 Å². The van der Waals surface area contributed by atoms with E-state index in [1.165, 1.54) is 13.4 Å². The molecule has 106 valence electrons. The van der Waals surface area contributed by atoms with Gasteiger partial charge in [0.15, 0.2) is 0 Å². The number of nitrogens with one attached hydrogen (secondary N) is 1. The van der Waals surface area contributed by atoms with Crippen LogP contribution < -0.4 is 5.32 Å². The van der Waals surface area contributed by atoms with Gasteiger partial charge < -0.3 is 19.2 Å². The van der Waals surface area contributed by atoms with Crippen molar-refractivity contribution in [2.24, 2.45) is 0 Å². The zero-order valence-electron chi connectivity index (χ0n) is 11.2. The molecular formula is C13H20N2O4. The molecule has 0 unspecified atom stereocenters. The molecule has 6 nitrogen and oxygen atoms in total. The van der Waals surface area contributed by atoms with Crippen LogP contribution in [0, 0.1) is 0 Å². The molecule has 0 radical (unpaired) electrons. The minimum absolute atomic E-state index is 0.279. The third-order valence-electron chi connectivity index (χ3n) is 3.14. The smallest absolute Gasteiger partial charge is 0.374 e. The second-order valence-electron chi connectivity index (χ2n) is 4.40. The third-order valence-corrected chi connectivity index (χ3v) is 3.14. The van der Waals surface area contributed by atoms with Crippen LogP contribution in [0.25, 0.3) is 0 Å². The average Bonchev–Trinajstić information content (AvgIpc) is 2.92. The van der Waals surface area contributed by atoms with E-state index in [-0.39, 0.29) is 5.76 Å². The Hall–Kier alpha value is -1.37. The van der Waals surface area contributed by atoms with Gasteiger partial charge in [0.2, 0.25) is 5.76 Å². The van der Waals surface area contributed by atoms with Crippen molar-refractivity contribution in [1.82, 2.24) is 10.2 Å². The lowest BCUT2D eigenvalue weighted by atomic mass is 10.2. The quantitative estimate of drug-likeness (QED) is 0.598. The fourth-order valence-electron chi connectivity index (χ4n) is 2.03. The summed E-state index contributed by atoms with van der Waals surface area (Å²) < 4.78 is 15.1. The summed E-state index contributed by atoms with van der Waals surface area (Å²) in [5, 5.41) is 3.30. The van der Waals surface area contributed by atoms with E-state index >= 15 is 0 Å². The van der Waals surface area contributed by atoms with Crippen molar-refractivity contribution in [3.05, 3.63) is 23.7 Å². The second-order valence-corrected chi connectivity index (χ2v) is 4.40. The molecule has 1 aliphatic heterocycles. The molecule has 6 heteroatoms. The minimum Gasteiger partial charge on any atom is -0.463 e. The first kappa shape index (κ1) is 14.0. The predicted molar refractivity (Wildman–Crippen MR) is 69.0 cm³/mol. The van der Waals surface area contributed by atoms with Gasteiger partial charge in [-0.15, -0.1) is 0 Å². The van der Waals surface area contributed by atoms with Crippen LogP contribution in [0.1, 0.15) is 16.1 Å². The van der Waals surface area contributed by atoms with Crippen LogP contribution in [0.5, 0.6) is 0 Å². The molecule has 2 rings (SSSR count). The van der Waals surface area contributed by atoms with Crippen LogP contribution in [0.3, 0.4) is 0 Å². The lowest BCUT2D eigenvalue weighted by Gasteiger charge is -2.26. The molecule has 1 aromatic heterocycles. The van der Waals surface area contributed by atoms with Gasteiger partial charge in [0.25, 0.3) is 0 Å². The van der Waals surface area contributed by atoms with Gasteiger partial charge in [0.05, 0.1) is 26.6 Å². The van der Waals surface area contributed by atoms with Crippen LogP contribution in [-0.2, 0) is 16.0 Å². The molecule has 0 amide bonds. The molecule has 0 atom stereocenters. The predicted octanol–water partition coefficient (Wildman–Crippen LogP) is 0.488. The number of carbonyl (C=O) groups is 1. The first-order chi connectivity index (χ1) is 9.31. The number of methoxy groups -OCH3 is 1. The summed E-state index contributed by atoms with van der Waals surface area (Å²) in [6.07, 6.45) is 1.51. The number of carbonyl (C=O) groups excluding carboxylic acids is 1. The summed E-state index contributed by atoms with van der Waals surface area (Å²) in [6, 6.07) is 1.79. The van der Waals surface area contributed by atoms with Crippen molar-refractivity contribution in [2.75, 3.05) is 46.5 Å². The number of furan rings is 1. The van der Waals surface area contributed by atoms with Gasteiger partial charge in [-0.25, -0.2) is 4.79 Å². The molecule has 1 fully saturated rings. The number of morpholine rings is 1. The highest BCUT2D eigenvalue weighted by Crippen LogP contribution is 2.11. The molecule has 2 heterocycles. The molecule has 0 saturated carbocycles. The zero-order chi connectivity index (χ0) is 13.5. The van der Waals surface area contributed by atoms with Crippen LogP contribution in [-0.4, -0.2) is 57.4 Å². The van der Waals surface area contributed by atoms with Gasteiger partial charge in [0.1, 0.15) is 0 Å². The van der Waals surface area contributed by atoms with Crippen molar-refractivity contribution < 1.29 is 18.7 Å². The minimum atomic E-state index is -0.435. The Labute approximate surface area is 112 Å². The third kappa shape index (κ3) is 4.05. The molecule has 0 spiro atoms. The highest BCUT2D eigenvalue weighted by Gasteiger charge is 2.15. The summed E-state index contributed by atoms with van der Waals surface area (Å²) in [6.45, 7) is 6.05. The van der Waals surface area contributed by atoms with E-state index in [9.17, 15) is 4.79 Å². The zero-order valence-corrected chi connectivity index (χ0v) is 11.2. The van der Waals surface area contributed by atoms with Gasteiger partial charge >= 0.3 is 5.97 Å². The molecule has 1 saturated heterocycles. The van der Waals surface area contributed by atoms with Gasteiger partial charge in [-0.2, -0.15) is 0 Å². The highest BCUT2D eigenvalue weighted by molar-refractivity contribution is 5.87. The fourth-order valence-corrected chi connectivity index (χ4v) is 2.03. The Kier molecular flexibility index (Phi) is 5.38. The van der Waals surface area contributed by atoms with E-state index in [4.69, 9.17) is 9.15 Å². The van der Waals surface area contributed by atoms with Gasteiger partial charge in [-0.3, -0.25) is 4.90 Å². The van der Waals surface area contributed by atoms with Gasteiger partial charge in [0, 0.05) is 38.3 Å². The highest BCUT2D eigenvalue weighted by atomic mass is 16.5. The lowest BCUT2D eigenvalue weighted by Crippen LogP contribution is -2.40. The Morgan fingerprint density at radius 1 is 1.47 bits per heavy atom. The van der Waals surface area contributed by atoms with Crippen LogP contribution >= 0.6 is 0 Å². The van der Waals surface area contributed by atoms with Crippen LogP contribution in [0.4, 0.5) is 0 Å². The van der Waals surface area contributed by atoms with Crippen molar-refractivity contribution in [2.45, 2.75) is 6.54 Å².